The van der Waals surface area contributed by atoms with Gasteiger partial charge in [-0.1, -0.05) is 185 Å². The minimum absolute atomic E-state index is 0.159. The second-order valence-corrected chi connectivity index (χ2v) is 33.0. The smallest absolute Gasteiger partial charge is 0.159 e. The Bertz CT molecular complexity index is 4360. The molecule has 6 heteroatoms. The minimum atomic E-state index is -2.19. The number of nitrogens with zero attached hydrogens (tertiary/aromatic N) is 2. The summed E-state index contributed by atoms with van der Waals surface area (Å²) in [6.45, 7) is 15.9. The van der Waals surface area contributed by atoms with Crippen molar-refractivity contribution in [3.05, 3.63) is 230 Å². The van der Waals surface area contributed by atoms with Crippen LogP contribution in [0, 0.1) is 0 Å². The van der Waals surface area contributed by atoms with Crippen molar-refractivity contribution in [3.8, 4) is 11.1 Å². The van der Waals surface area contributed by atoms with Crippen LogP contribution in [0.2, 0.25) is 39.3 Å². The second-order valence-electron chi connectivity index (χ2n) is 22.0. The Morgan fingerprint density at radius 2 is 0.795 bits per heavy atom. The molecule has 0 saturated heterocycles. The molecule has 0 atom stereocenters. The summed E-state index contributed by atoms with van der Waals surface area (Å²) in [5.41, 5.74) is 15.8. The summed E-state index contributed by atoms with van der Waals surface area (Å²) in [7, 11) is -4.39. The van der Waals surface area contributed by atoms with E-state index in [-0.39, 0.29) is 4.66 Å². The zero-order chi connectivity index (χ0) is 49.4. The van der Waals surface area contributed by atoms with Crippen molar-refractivity contribution >= 4 is 126 Å². The number of hydrogen-bond donors (Lipinski definition) is 0. The molecule has 0 spiro atoms. The van der Waals surface area contributed by atoms with Crippen LogP contribution in [0.5, 0.6) is 0 Å². The first-order valence-electron chi connectivity index (χ1n) is 25.6. The van der Waals surface area contributed by atoms with E-state index in [1.165, 1.54) is 54.6 Å². The molecule has 0 saturated carbocycles. The van der Waals surface area contributed by atoms with Crippen LogP contribution in [0.25, 0.3) is 87.3 Å². The fraction of sp³-hybridized carbons (Fsp3) is 0.104. The van der Waals surface area contributed by atoms with Crippen molar-refractivity contribution < 1.29 is 8.83 Å². The van der Waals surface area contributed by atoms with Gasteiger partial charge in [0, 0.05) is 49.0 Å². The maximum Gasteiger partial charge on any atom is 0.159 e. The summed E-state index contributed by atoms with van der Waals surface area (Å²) in [6.07, 6.45) is 0. The molecule has 13 aromatic rings. The van der Waals surface area contributed by atoms with E-state index in [0.717, 1.165) is 78.0 Å². The first-order chi connectivity index (χ1) is 35.5. The van der Waals surface area contributed by atoms with E-state index in [9.17, 15) is 0 Å². The molecule has 1 aliphatic rings. The monoisotopic (exact) mass is 974 g/mol. The van der Waals surface area contributed by atoms with Crippen LogP contribution in [0.15, 0.2) is 227 Å². The molecular formula is C67H54N2O2Si2. The molecule has 2 heterocycles. The molecule has 0 radical (unpaired) electrons. The Morgan fingerprint density at radius 1 is 0.329 bits per heavy atom. The molecule has 0 aliphatic heterocycles. The molecule has 0 unspecified atom stereocenters. The van der Waals surface area contributed by atoms with Crippen LogP contribution in [0.4, 0.5) is 34.1 Å². The van der Waals surface area contributed by atoms with Crippen molar-refractivity contribution in [1.82, 2.24) is 0 Å². The Kier molecular flexibility index (Phi) is 9.51. The zero-order valence-corrected chi connectivity index (χ0v) is 44.0. The number of rotatable bonds is 8. The van der Waals surface area contributed by atoms with E-state index in [0.29, 0.717) is 0 Å². The third-order valence-corrected chi connectivity index (χ3v) is 26.1. The van der Waals surface area contributed by atoms with E-state index >= 15 is 0 Å². The highest BCUT2D eigenvalue weighted by molar-refractivity contribution is 7.00. The standard InChI is InChI=1S/C67H54N2O2Si2/c1-72(2,3)67(73(4,5)6)63-48-39-36-46(68(44-21-9-7-10-22-44)58-31-19-29-54-50-26-15-17-33-60(50)70-65(54)58)41-43(48)35-38-56(63)62-52-28-14-13-25-49(52)57-42-47(37-40-53(57)64(62)67)69(45-23-11-8-12-24-45)59-32-20-30-55-51-27-16-18-34-61(51)71-66(55)59/h7-42H,1-6H3. The molecule has 0 fully saturated rings. The predicted octanol–water partition coefficient (Wildman–Crippen LogP) is 19.9. The molecular weight excluding hydrogens is 921 g/mol. The van der Waals surface area contributed by atoms with Crippen LogP contribution >= 0.6 is 0 Å². The fourth-order valence-electron chi connectivity index (χ4n) is 13.6. The molecule has 352 valence electrons. The van der Waals surface area contributed by atoms with Crippen molar-refractivity contribution in [3.63, 3.8) is 0 Å². The summed E-state index contributed by atoms with van der Waals surface area (Å²) in [4.78, 5) is 4.77. The lowest BCUT2D eigenvalue weighted by atomic mass is 9.91. The topological polar surface area (TPSA) is 32.8 Å². The normalized spacial score (nSPS) is 13.5. The largest absolute Gasteiger partial charge is 0.454 e. The average molecular weight is 975 g/mol. The Hall–Kier alpha value is -8.17. The lowest BCUT2D eigenvalue weighted by Gasteiger charge is -2.52. The predicted molar refractivity (Wildman–Crippen MR) is 316 cm³/mol. The summed E-state index contributed by atoms with van der Waals surface area (Å²) >= 11 is 0. The summed E-state index contributed by atoms with van der Waals surface area (Å²) in [5, 5.41) is 12.3. The van der Waals surface area contributed by atoms with Gasteiger partial charge in [-0.15, -0.1) is 0 Å². The van der Waals surface area contributed by atoms with Gasteiger partial charge in [-0.2, -0.15) is 0 Å². The van der Waals surface area contributed by atoms with Gasteiger partial charge >= 0.3 is 0 Å². The van der Waals surface area contributed by atoms with E-state index in [1.54, 1.807) is 0 Å². The molecule has 11 aromatic carbocycles. The highest BCUT2D eigenvalue weighted by Crippen LogP contribution is 2.63. The Balaban J connectivity index is 1.02. The zero-order valence-electron chi connectivity index (χ0n) is 42.0. The van der Waals surface area contributed by atoms with E-state index < -0.39 is 16.1 Å². The van der Waals surface area contributed by atoms with Crippen molar-refractivity contribution in [2.75, 3.05) is 9.80 Å². The SMILES string of the molecule is C[Si](C)(C)C1([Si](C)(C)C)c2c(ccc3cc(N(c4ccccc4)c4cccc5c4oc4ccccc45)ccc23)-c2c1c1ccc(N(c3ccccc3)c3cccc4c3oc3ccccc34)cc1c1ccccc21. The van der Waals surface area contributed by atoms with Gasteiger partial charge in [0.15, 0.2) is 11.2 Å². The molecule has 73 heavy (non-hydrogen) atoms. The lowest BCUT2D eigenvalue weighted by molar-refractivity contribution is 0.668. The van der Waals surface area contributed by atoms with Gasteiger partial charge in [0.2, 0.25) is 0 Å². The van der Waals surface area contributed by atoms with Gasteiger partial charge in [0.1, 0.15) is 11.2 Å². The molecule has 4 nitrogen and oxygen atoms in total. The molecule has 0 amide bonds. The minimum Gasteiger partial charge on any atom is -0.454 e. The van der Waals surface area contributed by atoms with E-state index in [1.807, 2.05) is 6.07 Å². The van der Waals surface area contributed by atoms with Gasteiger partial charge < -0.3 is 18.6 Å². The van der Waals surface area contributed by atoms with E-state index in [2.05, 4.69) is 261 Å². The summed E-state index contributed by atoms with van der Waals surface area (Å²) in [6, 6.07) is 80.0. The lowest BCUT2D eigenvalue weighted by Crippen LogP contribution is -2.63. The second kappa shape index (κ2) is 15.9. The third kappa shape index (κ3) is 6.24. The number of hydrogen-bond acceptors (Lipinski definition) is 4. The number of anilines is 6. The van der Waals surface area contributed by atoms with Crippen LogP contribution in [0.3, 0.4) is 0 Å². The van der Waals surface area contributed by atoms with Crippen molar-refractivity contribution in [1.29, 1.82) is 0 Å². The molecule has 0 bridgehead atoms. The van der Waals surface area contributed by atoms with Gasteiger partial charge in [0.25, 0.3) is 0 Å². The van der Waals surface area contributed by atoms with Crippen LogP contribution in [0.1, 0.15) is 11.1 Å². The van der Waals surface area contributed by atoms with Crippen molar-refractivity contribution in [2.45, 2.75) is 43.9 Å². The maximum atomic E-state index is 6.75. The Morgan fingerprint density at radius 3 is 1.34 bits per heavy atom. The molecule has 1 aliphatic carbocycles. The average Bonchev–Trinajstić information content (AvgIpc) is 4.09. The number of benzene rings is 11. The molecule has 14 rings (SSSR count). The highest BCUT2D eigenvalue weighted by Gasteiger charge is 2.60. The quantitative estimate of drug-likeness (QED) is 0.112. The van der Waals surface area contributed by atoms with Crippen molar-refractivity contribution in [2.24, 2.45) is 0 Å². The third-order valence-electron chi connectivity index (χ3n) is 16.1. The summed E-state index contributed by atoms with van der Waals surface area (Å²) in [5.74, 6) is 0. The maximum absolute atomic E-state index is 6.75. The van der Waals surface area contributed by atoms with Gasteiger partial charge in [-0.3, -0.25) is 0 Å². The number of para-hydroxylation sites is 6. The van der Waals surface area contributed by atoms with Gasteiger partial charge in [0.05, 0.1) is 27.5 Å². The summed E-state index contributed by atoms with van der Waals surface area (Å²) < 4.78 is 13.3. The Labute approximate surface area is 427 Å². The van der Waals surface area contributed by atoms with Crippen LogP contribution < -0.4 is 9.80 Å². The van der Waals surface area contributed by atoms with Gasteiger partial charge in [-0.05, 0) is 127 Å². The fourth-order valence-corrected chi connectivity index (χ4v) is 26.7. The van der Waals surface area contributed by atoms with Crippen LogP contribution in [-0.2, 0) is 4.66 Å². The van der Waals surface area contributed by atoms with Crippen LogP contribution in [-0.4, -0.2) is 16.1 Å². The first kappa shape index (κ1) is 43.6. The molecule has 2 aromatic heterocycles. The number of furan rings is 2. The number of fused-ring (bicyclic) bond motifs is 16. The molecule has 0 N–H and O–H groups in total. The highest BCUT2D eigenvalue weighted by atomic mass is 28.4. The van der Waals surface area contributed by atoms with Gasteiger partial charge in [-0.25, -0.2) is 0 Å². The van der Waals surface area contributed by atoms with E-state index in [4.69, 9.17) is 8.83 Å². The first-order valence-corrected chi connectivity index (χ1v) is 32.6.